The molecule has 0 saturated heterocycles. The summed E-state index contributed by atoms with van der Waals surface area (Å²) in [5.41, 5.74) is -0.142. The number of aromatic hydroxyl groups is 1. The lowest BCUT2D eigenvalue weighted by Gasteiger charge is -2.10. The van der Waals surface area contributed by atoms with Gasteiger partial charge in [-0.05, 0) is 26.3 Å². The van der Waals surface area contributed by atoms with Gasteiger partial charge >= 0.3 is 5.63 Å². The molecule has 0 unspecified atom stereocenters. The van der Waals surface area contributed by atoms with E-state index in [0.717, 1.165) is 0 Å². The van der Waals surface area contributed by atoms with Crippen LogP contribution in [0.3, 0.4) is 0 Å². The van der Waals surface area contributed by atoms with Crippen molar-refractivity contribution in [3.8, 4) is 11.5 Å². The zero-order valence-electron chi connectivity index (χ0n) is 11.9. The highest BCUT2D eigenvalue weighted by atomic mass is 16.5. The maximum atomic E-state index is 12.5. The van der Waals surface area contributed by atoms with Gasteiger partial charge in [-0.1, -0.05) is 6.92 Å². The summed E-state index contributed by atoms with van der Waals surface area (Å²) in [5, 5.41) is 10.2. The molecule has 5 heteroatoms. The smallest absolute Gasteiger partial charge is 0.344 e. The molecular weight excluding hydrogens is 260 g/mol. The highest BCUT2D eigenvalue weighted by Crippen LogP contribution is 2.33. The number of methoxy groups -OCH3 is 1. The Balaban J connectivity index is 3.25. The summed E-state index contributed by atoms with van der Waals surface area (Å²) in [6.45, 7) is 4.99. The molecule has 0 fully saturated rings. The highest BCUT2D eigenvalue weighted by Gasteiger charge is 2.18. The molecule has 0 aliphatic heterocycles. The summed E-state index contributed by atoms with van der Waals surface area (Å²) in [6, 6.07) is 1.27. The van der Waals surface area contributed by atoms with Gasteiger partial charge in [0.2, 0.25) is 0 Å². The van der Waals surface area contributed by atoms with Crippen LogP contribution in [0, 0.1) is 13.8 Å². The minimum Gasteiger partial charge on any atom is -0.508 e. The molecule has 0 aliphatic carbocycles. The summed E-state index contributed by atoms with van der Waals surface area (Å²) in [6.07, 6.45) is 0.479. The highest BCUT2D eigenvalue weighted by molar-refractivity contribution is 5.90. The van der Waals surface area contributed by atoms with Gasteiger partial charge in [0.15, 0.2) is 5.43 Å². The first kappa shape index (κ1) is 14.1. The first-order chi connectivity index (χ1) is 9.42. The maximum absolute atomic E-state index is 12.5. The molecule has 1 aromatic carbocycles. The SMILES string of the molecule is CCc1c(O)cc2c(=O)oc(C)c(C)c(=O)c2c1OC. The van der Waals surface area contributed by atoms with Gasteiger partial charge in [0.1, 0.15) is 17.3 Å². The Bertz CT molecular complexity index is 802. The fourth-order valence-electron chi connectivity index (χ4n) is 2.26. The number of rotatable bonds is 2. The van der Waals surface area contributed by atoms with Crippen LogP contribution in [-0.2, 0) is 6.42 Å². The van der Waals surface area contributed by atoms with Gasteiger partial charge in [-0.3, -0.25) is 4.79 Å². The zero-order chi connectivity index (χ0) is 15.0. The first-order valence-corrected chi connectivity index (χ1v) is 6.29. The summed E-state index contributed by atoms with van der Waals surface area (Å²) >= 11 is 0. The van der Waals surface area contributed by atoms with Crippen molar-refractivity contribution in [2.24, 2.45) is 0 Å². The molecule has 1 heterocycles. The van der Waals surface area contributed by atoms with Gasteiger partial charge in [0.25, 0.3) is 0 Å². The van der Waals surface area contributed by atoms with E-state index < -0.39 is 5.63 Å². The number of hydrogen-bond acceptors (Lipinski definition) is 5. The van der Waals surface area contributed by atoms with Crippen LogP contribution in [0.1, 0.15) is 23.8 Å². The van der Waals surface area contributed by atoms with Gasteiger partial charge in [-0.25, -0.2) is 4.79 Å². The number of hydrogen-bond donors (Lipinski definition) is 1. The molecular formula is C15H16O5. The van der Waals surface area contributed by atoms with Gasteiger partial charge in [0.05, 0.1) is 17.9 Å². The van der Waals surface area contributed by atoms with E-state index in [1.807, 2.05) is 6.92 Å². The Morgan fingerprint density at radius 2 is 1.95 bits per heavy atom. The summed E-state index contributed by atoms with van der Waals surface area (Å²) in [5.74, 6) is 0.416. The maximum Gasteiger partial charge on any atom is 0.344 e. The molecule has 20 heavy (non-hydrogen) atoms. The fourth-order valence-corrected chi connectivity index (χ4v) is 2.26. The Hall–Kier alpha value is -2.30. The standard InChI is InChI=1S/C15H16O5/c1-5-9-11(16)6-10-12(14(9)19-4)13(17)7(2)8(3)20-15(10)18/h6,16H,5H2,1-4H3. The summed E-state index contributed by atoms with van der Waals surface area (Å²) in [7, 11) is 1.41. The average Bonchev–Trinajstić information content (AvgIpc) is 2.50. The van der Waals surface area contributed by atoms with E-state index in [2.05, 4.69) is 0 Å². The molecule has 2 aromatic rings. The normalized spacial score (nSPS) is 10.8. The van der Waals surface area contributed by atoms with E-state index in [-0.39, 0.29) is 33.5 Å². The number of phenolic OH excluding ortho intramolecular Hbond substituents is 1. The number of phenols is 1. The Morgan fingerprint density at radius 1 is 1.30 bits per heavy atom. The van der Waals surface area contributed by atoms with Crippen LogP contribution in [0.15, 0.2) is 20.1 Å². The molecule has 2 rings (SSSR count). The van der Waals surface area contributed by atoms with Gasteiger partial charge in [-0.2, -0.15) is 0 Å². The lowest BCUT2D eigenvalue weighted by molar-refractivity contribution is 0.405. The third-order valence-corrected chi connectivity index (χ3v) is 3.48. The van der Waals surface area contributed by atoms with Crippen molar-refractivity contribution in [3.63, 3.8) is 0 Å². The van der Waals surface area contributed by atoms with Crippen LogP contribution in [0.25, 0.3) is 10.8 Å². The largest absolute Gasteiger partial charge is 0.508 e. The van der Waals surface area contributed by atoms with Crippen LogP contribution in [-0.4, -0.2) is 12.2 Å². The second kappa shape index (κ2) is 5.00. The molecule has 5 nitrogen and oxygen atoms in total. The molecule has 0 bridgehead atoms. The van der Waals surface area contributed by atoms with E-state index in [4.69, 9.17) is 9.15 Å². The first-order valence-electron chi connectivity index (χ1n) is 6.29. The van der Waals surface area contributed by atoms with Crippen molar-refractivity contribution in [3.05, 3.63) is 43.6 Å². The lowest BCUT2D eigenvalue weighted by atomic mass is 10.0. The molecule has 0 amide bonds. The minimum atomic E-state index is -0.668. The van der Waals surface area contributed by atoms with E-state index in [1.165, 1.54) is 13.2 Å². The molecule has 0 saturated carbocycles. The van der Waals surface area contributed by atoms with Crippen molar-refractivity contribution in [2.45, 2.75) is 27.2 Å². The van der Waals surface area contributed by atoms with Crippen LogP contribution >= 0.6 is 0 Å². The van der Waals surface area contributed by atoms with Gasteiger partial charge < -0.3 is 14.3 Å². The third-order valence-electron chi connectivity index (χ3n) is 3.48. The van der Waals surface area contributed by atoms with Crippen LogP contribution < -0.4 is 15.8 Å². The molecule has 0 spiro atoms. The zero-order valence-corrected chi connectivity index (χ0v) is 11.9. The van der Waals surface area contributed by atoms with Crippen LogP contribution in [0.2, 0.25) is 0 Å². The Labute approximate surface area is 115 Å². The van der Waals surface area contributed by atoms with E-state index in [1.54, 1.807) is 13.8 Å². The molecule has 1 aromatic heterocycles. The number of fused-ring (bicyclic) bond motifs is 1. The third kappa shape index (κ3) is 1.95. The molecule has 0 aliphatic rings. The molecule has 106 valence electrons. The second-order valence-corrected chi connectivity index (χ2v) is 4.58. The Kier molecular flexibility index (Phi) is 3.53. The van der Waals surface area contributed by atoms with Crippen LogP contribution in [0.4, 0.5) is 0 Å². The molecule has 0 atom stereocenters. The van der Waals surface area contributed by atoms with E-state index in [0.29, 0.717) is 17.5 Å². The topological polar surface area (TPSA) is 76.7 Å². The lowest BCUT2D eigenvalue weighted by Crippen LogP contribution is -2.07. The van der Waals surface area contributed by atoms with Crippen molar-refractivity contribution in [2.75, 3.05) is 7.11 Å². The van der Waals surface area contributed by atoms with Crippen molar-refractivity contribution < 1.29 is 14.3 Å². The van der Waals surface area contributed by atoms with E-state index >= 15 is 0 Å². The molecule has 1 N–H and O–H groups in total. The predicted molar refractivity (Wildman–Crippen MR) is 75.8 cm³/mol. The fraction of sp³-hybridized carbons (Fsp3) is 0.333. The second-order valence-electron chi connectivity index (χ2n) is 4.58. The average molecular weight is 276 g/mol. The summed E-state index contributed by atoms with van der Waals surface area (Å²) < 4.78 is 10.4. The minimum absolute atomic E-state index is 0.0257. The van der Waals surface area contributed by atoms with Crippen molar-refractivity contribution >= 4 is 10.8 Å². The monoisotopic (exact) mass is 276 g/mol. The summed E-state index contributed by atoms with van der Waals surface area (Å²) in [4.78, 5) is 24.6. The van der Waals surface area contributed by atoms with Crippen molar-refractivity contribution in [1.29, 1.82) is 0 Å². The van der Waals surface area contributed by atoms with Gasteiger partial charge in [0, 0.05) is 11.1 Å². The van der Waals surface area contributed by atoms with Crippen LogP contribution in [0.5, 0.6) is 11.5 Å². The molecule has 0 radical (unpaired) electrons. The number of ether oxygens (including phenoxy) is 1. The number of aryl methyl sites for hydroxylation is 1. The predicted octanol–water partition coefficient (Wildman–Crippen LogP) is 2.05. The van der Waals surface area contributed by atoms with E-state index in [9.17, 15) is 14.7 Å². The number of benzene rings is 1. The van der Waals surface area contributed by atoms with Gasteiger partial charge in [-0.15, -0.1) is 0 Å². The van der Waals surface area contributed by atoms with Crippen molar-refractivity contribution in [1.82, 2.24) is 0 Å². The Morgan fingerprint density at radius 3 is 2.50 bits per heavy atom. The quantitative estimate of drug-likeness (QED) is 0.908.